The average molecular weight is 272 g/mol. The number of hydrogen-bond donors (Lipinski definition) is 0. The second kappa shape index (κ2) is 6.33. The molecule has 0 aliphatic heterocycles. The molecule has 0 heterocycles. The van der Waals surface area contributed by atoms with Gasteiger partial charge in [0, 0.05) is 0 Å². The molecule has 0 bridgehead atoms. The lowest BCUT2D eigenvalue weighted by molar-refractivity contribution is 0.266. The Kier molecular flexibility index (Phi) is 4.51. The van der Waals surface area contributed by atoms with Gasteiger partial charge in [-0.25, -0.2) is 0 Å². The van der Waals surface area contributed by atoms with Gasteiger partial charge in [0.05, 0.1) is 14.2 Å². The van der Waals surface area contributed by atoms with E-state index in [1.54, 1.807) is 14.2 Å². The highest BCUT2D eigenvalue weighted by Crippen LogP contribution is 2.37. The second-order valence-corrected chi connectivity index (χ2v) is 4.78. The molecule has 2 aromatic rings. The lowest BCUT2D eigenvalue weighted by Gasteiger charge is -2.14. The maximum Gasteiger partial charge on any atom is 0.203 e. The Labute approximate surface area is 120 Å². The quantitative estimate of drug-likeness (QED) is 0.826. The van der Waals surface area contributed by atoms with E-state index in [0.717, 1.165) is 5.56 Å². The van der Waals surface area contributed by atoms with Crippen molar-refractivity contribution in [2.24, 2.45) is 0 Å². The summed E-state index contributed by atoms with van der Waals surface area (Å²) in [7, 11) is 3.25. The molecule has 2 aromatic carbocycles. The number of aryl methyl sites for hydroxylation is 2. The minimum atomic E-state index is 0.485. The Morgan fingerprint density at radius 1 is 0.850 bits per heavy atom. The number of para-hydroxylation sites is 1. The van der Waals surface area contributed by atoms with Crippen LogP contribution in [0.4, 0.5) is 0 Å². The van der Waals surface area contributed by atoms with Gasteiger partial charge in [-0.3, -0.25) is 0 Å². The summed E-state index contributed by atoms with van der Waals surface area (Å²) in [6.45, 7) is 4.65. The van der Waals surface area contributed by atoms with Crippen LogP contribution in [0.15, 0.2) is 36.4 Å². The van der Waals surface area contributed by atoms with Crippen LogP contribution in [0.1, 0.15) is 16.7 Å². The van der Waals surface area contributed by atoms with Gasteiger partial charge in [-0.15, -0.1) is 0 Å². The van der Waals surface area contributed by atoms with Crippen molar-refractivity contribution in [1.82, 2.24) is 0 Å². The topological polar surface area (TPSA) is 27.7 Å². The van der Waals surface area contributed by atoms with Crippen LogP contribution in [0.25, 0.3) is 0 Å². The highest BCUT2D eigenvalue weighted by molar-refractivity contribution is 5.51. The fourth-order valence-corrected chi connectivity index (χ4v) is 2.27. The smallest absolute Gasteiger partial charge is 0.203 e. The molecule has 2 rings (SSSR count). The van der Waals surface area contributed by atoms with Crippen molar-refractivity contribution >= 4 is 0 Å². The zero-order valence-electron chi connectivity index (χ0n) is 12.4. The van der Waals surface area contributed by atoms with Crippen LogP contribution in [0.5, 0.6) is 17.2 Å². The zero-order chi connectivity index (χ0) is 14.5. The molecule has 0 spiro atoms. The van der Waals surface area contributed by atoms with Gasteiger partial charge in [0.25, 0.3) is 0 Å². The maximum absolute atomic E-state index is 5.90. The molecular formula is C17H20O3. The van der Waals surface area contributed by atoms with E-state index < -0.39 is 0 Å². The summed E-state index contributed by atoms with van der Waals surface area (Å²) < 4.78 is 16.5. The fraction of sp³-hybridized carbons (Fsp3) is 0.294. The van der Waals surface area contributed by atoms with Crippen molar-refractivity contribution in [3.05, 3.63) is 53.1 Å². The summed E-state index contributed by atoms with van der Waals surface area (Å²) in [6, 6.07) is 12.0. The molecule has 3 nitrogen and oxygen atoms in total. The number of benzene rings is 2. The SMILES string of the molecule is COc1cccc(OC)c1OCc1cc(C)cc(C)c1. The first-order valence-electron chi connectivity index (χ1n) is 6.55. The van der Waals surface area contributed by atoms with Gasteiger partial charge >= 0.3 is 0 Å². The van der Waals surface area contributed by atoms with Crippen LogP contribution in [-0.2, 0) is 6.61 Å². The third-order valence-electron chi connectivity index (χ3n) is 3.05. The Morgan fingerprint density at radius 2 is 1.40 bits per heavy atom. The van der Waals surface area contributed by atoms with E-state index in [1.807, 2.05) is 18.2 Å². The second-order valence-electron chi connectivity index (χ2n) is 4.78. The highest BCUT2D eigenvalue weighted by atomic mass is 16.5. The van der Waals surface area contributed by atoms with Gasteiger partial charge in [0.2, 0.25) is 5.75 Å². The highest BCUT2D eigenvalue weighted by Gasteiger charge is 2.11. The van der Waals surface area contributed by atoms with E-state index in [0.29, 0.717) is 23.9 Å². The zero-order valence-corrected chi connectivity index (χ0v) is 12.4. The Balaban J connectivity index is 2.22. The molecule has 0 aliphatic rings. The van der Waals surface area contributed by atoms with Gasteiger partial charge in [-0.05, 0) is 31.5 Å². The van der Waals surface area contributed by atoms with Crippen LogP contribution in [0, 0.1) is 13.8 Å². The monoisotopic (exact) mass is 272 g/mol. The molecule has 0 aromatic heterocycles. The molecule has 0 fully saturated rings. The molecule has 0 aliphatic carbocycles. The van der Waals surface area contributed by atoms with E-state index in [9.17, 15) is 0 Å². The molecule has 0 saturated carbocycles. The predicted molar refractivity (Wildman–Crippen MR) is 79.8 cm³/mol. The van der Waals surface area contributed by atoms with Gasteiger partial charge < -0.3 is 14.2 Å². The normalized spacial score (nSPS) is 10.2. The summed E-state index contributed by atoms with van der Waals surface area (Å²) in [5.41, 5.74) is 3.60. The van der Waals surface area contributed by atoms with Crippen molar-refractivity contribution in [1.29, 1.82) is 0 Å². The van der Waals surface area contributed by atoms with Crippen LogP contribution in [-0.4, -0.2) is 14.2 Å². The minimum Gasteiger partial charge on any atom is -0.493 e. The minimum absolute atomic E-state index is 0.485. The summed E-state index contributed by atoms with van der Waals surface area (Å²) >= 11 is 0. The standard InChI is InChI=1S/C17H20O3/c1-12-8-13(2)10-14(9-12)11-20-17-15(18-3)6-5-7-16(17)19-4/h5-10H,11H2,1-4H3. The van der Waals surface area contributed by atoms with E-state index in [4.69, 9.17) is 14.2 Å². The molecule has 3 heteroatoms. The van der Waals surface area contributed by atoms with Crippen molar-refractivity contribution in [2.45, 2.75) is 20.5 Å². The lowest BCUT2D eigenvalue weighted by atomic mass is 10.1. The first-order valence-corrected chi connectivity index (χ1v) is 6.55. The Morgan fingerprint density at radius 3 is 1.90 bits per heavy atom. The van der Waals surface area contributed by atoms with Gasteiger partial charge in [0.1, 0.15) is 6.61 Å². The van der Waals surface area contributed by atoms with Crippen LogP contribution >= 0.6 is 0 Å². The van der Waals surface area contributed by atoms with Crippen LogP contribution < -0.4 is 14.2 Å². The molecular weight excluding hydrogens is 252 g/mol. The Bertz CT molecular complexity index is 548. The van der Waals surface area contributed by atoms with Crippen molar-refractivity contribution in [2.75, 3.05) is 14.2 Å². The van der Waals surface area contributed by atoms with E-state index in [1.165, 1.54) is 11.1 Å². The molecule has 0 radical (unpaired) electrons. The summed E-state index contributed by atoms with van der Waals surface area (Å²) in [5, 5.41) is 0. The van der Waals surface area contributed by atoms with E-state index in [-0.39, 0.29) is 0 Å². The average Bonchev–Trinajstić information content (AvgIpc) is 2.43. The summed E-state index contributed by atoms with van der Waals surface area (Å²) in [5.74, 6) is 1.99. The van der Waals surface area contributed by atoms with Gasteiger partial charge in [-0.2, -0.15) is 0 Å². The predicted octanol–water partition coefficient (Wildman–Crippen LogP) is 3.90. The van der Waals surface area contributed by atoms with E-state index >= 15 is 0 Å². The van der Waals surface area contributed by atoms with E-state index in [2.05, 4.69) is 32.0 Å². The maximum atomic E-state index is 5.90. The third-order valence-corrected chi connectivity index (χ3v) is 3.05. The summed E-state index contributed by atoms with van der Waals surface area (Å²) in [4.78, 5) is 0. The van der Waals surface area contributed by atoms with Crippen molar-refractivity contribution < 1.29 is 14.2 Å². The fourth-order valence-electron chi connectivity index (χ4n) is 2.27. The number of ether oxygens (including phenoxy) is 3. The number of rotatable bonds is 5. The van der Waals surface area contributed by atoms with Crippen LogP contribution in [0.3, 0.4) is 0 Å². The lowest BCUT2D eigenvalue weighted by Crippen LogP contribution is -2.00. The molecule has 0 saturated heterocycles. The number of methoxy groups -OCH3 is 2. The first-order chi connectivity index (χ1) is 9.63. The Hall–Kier alpha value is -2.16. The third kappa shape index (κ3) is 3.23. The molecule has 0 atom stereocenters. The number of hydrogen-bond acceptors (Lipinski definition) is 3. The molecule has 0 amide bonds. The molecule has 0 unspecified atom stereocenters. The largest absolute Gasteiger partial charge is 0.493 e. The first kappa shape index (κ1) is 14.3. The van der Waals surface area contributed by atoms with Crippen molar-refractivity contribution in [3.8, 4) is 17.2 Å². The summed E-state index contributed by atoms with van der Waals surface area (Å²) in [6.07, 6.45) is 0. The van der Waals surface area contributed by atoms with Crippen LogP contribution in [0.2, 0.25) is 0 Å². The molecule has 106 valence electrons. The molecule has 20 heavy (non-hydrogen) atoms. The molecule has 0 N–H and O–H groups in total. The van der Waals surface area contributed by atoms with Crippen molar-refractivity contribution in [3.63, 3.8) is 0 Å². The van der Waals surface area contributed by atoms with Gasteiger partial charge in [-0.1, -0.05) is 35.4 Å². The van der Waals surface area contributed by atoms with Gasteiger partial charge in [0.15, 0.2) is 11.5 Å².